The second kappa shape index (κ2) is 6.41. The molecule has 1 aromatic carbocycles. The van der Waals surface area contributed by atoms with E-state index in [9.17, 15) is 0 Å². The highest BCUT2D eigenvalue weighted by molar-refractivity contribution is 5.32. The van der Waals surface area contributed by atoms with E-state index in [4.69, 9.17) is 4.74 Å². The quantitative estimate of drug-likeness (QED) is 0.916. The van der Waals surface area contributed by atoms with Gasteiger partial charge in [-0.05, 0) is 36.1 Å². The molecule has 1 aliphatic rings. The van der Waals surface area contributed by atoms with Gasteiger partial charge in [-0.3, -0.25) is 4.68 Å². The Morgan fingerprint density at radius 1 is 1.43 bits per heavy atom. The summed E-state index contributed by atoms with van der Waals surface area (Å²) in [7, 11) is 1.96. The van der Waals surface area contributed by atoms with Gasteiger partial charge in [0.25, 0.3) is 0 Å². The molecule has 2 atom stereocenters. The summed E-state index contributed by atoms with van der Waals surface area (Å²) in [5, 5.41) is 7.86. The molecule has 0 spiro atoms. The molecule has 4 nitrogen and oxygen atoms in total. The molecule has 2 unspecified atom stereocenters. The van der Waals surface area contributed by atoms with Crippen LogP contribution >= 0.6 is 0 Å². The lowest BCUT2D eigenvalue weighted by atomic mass is 9.91. The number of ether oxygens (including phenoxy) is 1. The molecular weight excluding hydrogens is 262 g/mol. The van der Waals surface area contributed by atoms with E-state index in [0.717, 1.165) is 26.0 Å². The van der Waals surface area contributed by atoms with E-state index in [1.54, 1.807) is 0 Å². The molecule has 0 radical (unpaired) electrons. The number of nitrogens with one attached hydrogen (secondary N) is 1. The van der Waals surface area contributed by atoms with E-state index in [1.165, 1.54) is 16.7 Å². The number of hydrogen-bond donors (Lipinski definition) is 1. The second-order valence-electron chi connectivity index (χ2n) is 5.63. The molecular formula is C17H23N3O. The van der Waals surface area contributed by atoms with E-state index in [2.05, 4.69) is 47.8 Å². The van der Waals surface area contributed by atoms with Gasteiger partial charge >= 0.3 is 0 Å². The molecule has 2 aromatic rings. The highest BCUT2D eigenvalue weighted by atomic mass is 16.5. The van der Waals surface area contributed by atoms with Crippen molar-refractivity contribution in [2.45, 2.75) is 31.9 Å². The van der Waals surface area contributed by atoms with Crippen molar-refractivity contribution in [3.63, 3.8) is 0 Å². The zero-order chi connectivity index (χ0) is 14.7. The third kappa shape index (κ3) is 3.17. The van der Waals surface area contributed by atoms with Gasteiger partial charge in [0.1, 0.15) is 0 Å². The van der Waals surface area contributed by atoms with Crippen LogP contribution in [0.4, 0.5) is 0 Å². The number of benzene rings is 1. The molecule has 4 heteroatoms. The molecule has 2 heterocycles. The smallest absolute Gasteiger partial charge is 0.0983 e. The SMILES string of the molecule is CCNC(Cc1cnn(C)c1)C1OCCc2ccccc21. The van der Waals surface area contributed by atoms with E-state index in [0.29, 0.717) is 0 Å². The summed E-state index contributed by atoms with van der Waals surface area (Å²) in [5.41, 5.74) is 4.00. The maximum absolute atomic E-state index is 6.11. The van der Waals surface area contributed by atoms with Crippen molar-refractivity contribution < 1.29 is 4.74 Å². The molecule has 0 amide bonds. The molecule has 3 rings (SSSR count). The van der Waals surface area contributed by atoms with Crippen molar-refractivity contribution in [1.29, 1.82) is 0 Å². The number of aryl methyl sites for hydroxylation is 1. The third-order valence-corrected chi connectivity index (χ3v) is 4.08. The van der Waals surface area contributed by atoms with Crippen molar-refractivity contribution >= 4 is 0 Å². The Hall–Kier alpha value is -1.65. The van der Waals surface area contributed by atoms with Crippen LogP contribution in [0.3, 0.4) is 0 Å². The summed E-state index contributed by atoms with van der Waals surface area (Å²) < 4.78 is 7.96. The minimum absolute atomic E-state index is 0.120. The summed E-state index contributed by atoms with van der Waals surface area (Å²) in [4.78, 5) is 0. The molecule has 1 N–H and O–H groups in total. The van der Waals surface area contributed by atoms with Gasteiger partial charge in [-0.25, -0.2) is 0 Å². The van der Waals surface area contributed by atoms with Crippen LogP contribution in [0, 0.1) is 0 Å². The Kier molecular flexibility index (Phi) is 4.36. The zero-order valence-corrected chi connectivity index (χ0v) is 12.7. The largest absolute Gasteiger partial charge is 0.372 e. The highest BCUT2D eigenvalue weighted by Gasteiger charge is 2.28. The van der Waals surface area contributed by atoms with Crippen molar-refractivity contribution in [2.75, 3.05) is 13.2 Å². The lowest BCUT2D eigenvalue weighted by Gasteiger charge is -2.33. The lowest BCUT2D eigenvalue weighted by molar-refractivity contribution is 0.0158. The van der Waals surface area contributed by atoms with Crippen LogP contribution in [0.1, 0.15) is 29.7 Å². The summed E-state index contributed by atoms with van der Waals surface area (Å²) in [6, 6.07) is 8.92. The van der Waals surface area contributed by atoms with Crippen molar-refractivity contribution in [2.24, 2.45) is 7.05 Å². The second-order valence-corrected chi connectivity index (χ2v) is 5.63. The Bertz CT molecular complexity index is 593. The number of nitrogens with zero attached hydrogens (tertiary/aromatic N) is 2. The number of fused-ring (bicyclic) bond motifs is 1. The third-order valence-electron chi connectivity index (χ3n) is 4.08. The molecule has 0 aliphatic carbocycles. The topological polar surface area (TPSA) is 39.1 Å². The average molecular weight is 285 g/mol. The van der Waals surface area contributed by atoms with Crippen LogP contribution in [0.25, 0.3) is 0 Å². The van der Waals surface area contributed by atoms with Gasteiger partial charge in [-0.1, -0.05) is 31.2 Å². The maximum atomic E-state index is 6.11. The van der Waals surface area contributed by atoms with Gasteiger partial charge in [0, 0.05) is 19.3 Å². The molecule has 112 valence electrons. The number of aromatic nitrogens is 2. The van der Waals surface area contributed by atoms with Crippen molar-refractivity contribution in [1.82, 2.24) is 15.1 Å². The molecule has 0 saturated heterocycles. The Balaban J connectivity index is 1.84. The highest BCUT2D eigenvalue weighted by Crippen LogP contribution is 2.30. The van der Waals surface area contributed by atoms with E-state index in [-0.39, 0.29) is 12.1 Å². The first-order valence-corrected chi connectivity index (χ1v) is 7.68. The Labute approximate surface area is 126 Å². The van der Waals surface area contributed by atoms with E-state index < -0.39 is 0 Å². The van der Waals surface area contributed by atoms with Crippen LogP contribution in [0.5, 0.6) is 0 Å². The normalized spacial score (nSPS) is 19.2. The van der Waals surface area contributed by atoms with Gasteiger partial charge in [0.2, 0.25) is 0 Å². The minimum atomic E-state index is 0.120. The monoisotopic (exact) mass is 285 g/mol. The van der Waals surface area contributed by atoms with E-state index >= 15 is 0 Å². The van der Waals surface area contributed by atoms with Gasteiger partial charge < -0.3 is 10.1 Å². The number of likely N-dealkylation sites (N-methyl/N-ethyl adjacent to an activating group) is 1. The van der Waals surface area contributed by atoms with Gasteiger partial charge in [-0.15, -0.1) is 0 Å². The fourth-order valence-electron chi connectivity index (χ4n) is 3.14. The molecule has 21 heavy (non-hydrogen) atoms. The first kappa shape index (κ1) is 14.3. The standard InChI is InChI=1S/C17H23N3O/c1-3-18-16(10-13-11-19-20(2)12-13)17-15-7-5-4-6-14(15)8-9-21-17/h4-7,11-12,16-18H,3,8-10H2,1-2H3. The summed E-state index contributed by atoms with van der Waals surface area (Å²) >= 11 is 0. The maximum Gasteiger partial charge on any atom is 0.0983 e. The predicted octanol–water partition coefficient (Wildman–Crippen LogP) is 2.25. The van der Waals surface area contributed by atoms with Gasteiger partial charge in [0.15, 0.2) is 0 Å². The average Bonchev–Trinajstić information content (AvgIpc) is 2.91. The molecule has 1 aromatic heterocycles. The first-order chi connectivity index (χ1) is 10.3. The number of rotatable bonds is 5. The lowest BCUT2D eigenvalue weighted by Crippen LogP contribution is -2.40. The minimum Gasteiger partial charge on any atom is -0.372 e. The summed E-state index contributed by atoms with van der Waals surface area (Å²) in [6.45, 7) is 3.88. The van der Waals surface area contributed by atoms with Crippen LogP contribution in [0.2, 0.25) is 0 Å². The number of hydrogen-bond acceptors (Lipinski definition) is 3. The van der Waals surface area contributed by atoms with Crippen molar-refractivity contribution in [3.05, 3.63) is 53.3 Å². The van der Waals surface area contributed by atoms with E-state index in [1.807, 2.05) is 17.9 Å². The Morgan fingerprint density at radius 3 is 3.05 bits per heavy atom. The predicted molar refractivity (Wildman–Crippen MR) is 83.2 cm³/mol. The molecule has 1 aliphatic heterocycles. The zero-order valence-electron chi connectivity index (χ0n) is 12.7. The summed E-state index contributed by atoms with van der Waals surface area (Å²) in [6.07, 6.45) is 6.09. The van der Waals surface area contributed by atoms with Gasteiger partial charge in [0.05, 0.1) is 18.9 Å². The molecule has 0 fully saturated rings. The fraction of sp³-hybridized carbons (Fsp3) is 0.471. The van der Waals surface area contributed by atoms with Crippen LogP contribution < -0.4 is 5.32 Å². The van der Waals surface area contributed by atoms with Crippen molar-refractivity contribution in [3.8, 4) is 0 Å². The fourth-order valence-corrected chi connectivity index (χ4v) is 3.14. The Morgan fingerprint density at radius 2 is 2.29 bits per heavy atom. The van der Waals surface area contributed by atoms with Crippen LogP contribution in [0.15, 0.2) is 36.7 Å². The van der Waals surface area contributed by atoms with Gasteiger partial charge in [-0.2, -0.15) is 5.10 Å². The van der Waals surface area contributed by atoms with Crippen LogP contribution in [-0.4, -0.2) is 29.0 Å². The summed E-state index contributed by atoms with van der Waals surface area (Å²) in [5.74, 6) is 0. The first-order valence-electron chi connectivity index (χ1n) is 7.68. The van der Waals surface area contributed by atoms with Crippen LogP contribution in [-0.2, 0) is 24.6 Å². The molecule has 0 bridgehead atoms. The molecule has 0 saturated carbocycles.